The van der Waals surface area contributed by atoms with Crippen molar-refractivity contribution in [1.29, 1.82) is 0 Å². The molecule has 0 unspecified atom stereocenters. The highest BCUT2D eigenvalue weighted by Crippen LogP contribution is 2.28. The second-order valence-electron chi connectivity index (χ2n) is 4.66. The number of esters is 1. The van der Waals surface area contributed by atoms with Crippen LogP contribution in [0.4, 0.5) is 0 Å². The molecular formula is C15H19NO5. The van der Waals surface area contributed by atoms with Gasteiger partial charge in [0.15, 0.2) is 0 Å². The summed E-state index contributed by atoms with van der Waals surface area (Å²) in [7, 11) is 2.96. The third kappa shape index (κ3) is 3.45. The van der Waals surface area contributed by atoms with Gasteiger partial charge in [0.25, 0.3) is 0 Å². The number of hydrogen-bond acceptors (Lipinski definition) is 5. The van der Waals surface area contributed by atoms with E-state index >= 15 is 0 Å². The van der Waals surface area contributed by atoms with Crippen molar-refractivity contribution < 1.29 is 23.8 Å². The zero-order valence-electron chi connectivity index (χ0n) is 12.3. The van der Waals surface area contributed by atoms with Gasteiger partial charge in [-0.1, -0.05) is 6.07 Å². The predicted octanol–water partition coefficient (Wildman–Crippen LogP) is 1.48. The van der Waals surface area contributed by atoms with Crippen LogP contribution >= 0.6 is 0 Å². The third-order valence-corrected chi connectivity index (χ3v) is 3.40. The molecule has 1 fully saturated rings. The lowest BCUT2D eigenvalue weighted by atomic mass is 10.2. The summed E-state index contributed by atoms with van der Waals surface area (Å²) >= 11 is 0. The van der Waals surface area contributed by atoms with Crippen LogP contribution in [0.25, 0.3) is 0 Å². The quantitative estimate of drug-likeness (QED) is 0.743. The minimum Gasteiger partial charge on any atom is -0.496 e. The van der Waals surface area contributed by atoms with Gasteiger partial charge in [-0.3, -0.25) is 4.79 Å². The molecule has 1 saturated heterocycles. The van der Waals surface area contributed by atoms with Crippen molar-refractivity contribution in [3.05, 3.63) is 23.8 Å². The average Bonchev–Trinajstić information content (AvgIpc) is 2.91. The molecule has 0 bridgehead atoms. The van der Waals surface area contributed by atoms with Gasteiger partial charge in [-0.05, 0) is 18.6 Å². The van der Waals surface area contributed by atoms with Crippen molar-refractivity contribution in [2.24, 2.45) is 0 Å². The van der Waals surface area contributed by atoms with Crippen LogP contribution in [-0.2, 0) is 9.53 Å². The van der Waals surface area contributed by atoms with Crippen LogP contribution in [0.15, 0.2) is 18.2 Å². The highest BCUT2D eigenvalue weighted by atomic mass is 16.5. The molecule has 0 aromatic heterocycles. The number of carbonyl (C=O) groups is 2. The molecule has 6 nitrogen and oxygen atoms in total. The third-order valence-electron chi connectivity index (χ3n) is 3.40. The minimum absolute atomic E-state index is 0.112. The lowest BCUT2D eigenvalue weighted by Crippen LogP contribution is -2.29. The van der Waals surface area contributed by atoms with Crippen LogP contribution in [-0.4, -0.2) is 50.7 Å². The second-order valence-corrected chi connectivity index (χ2v) is 4.66. The fraction of sp³-hybridized carbons (Fsp3) is 0.467. The molecule has 0 aliphatic carbocycles. The molecule has 6 heteroatoms. The van der Waals surface area contributed by atoms with Gasteiger partial charge in [0.05, 0.1) is 20.8 Å². The molecule has 1 heterocycles. The summed E-state index contributed by atoms with van der Waals surface area (Å²) in [4.78, 5) is 25.3. The Morgan fingerprint density at radius 2 is 1.90 bits per heavy atom. The maximum Gasteiger partial charge on any atom is 0.345 e. The average molecular weight is 293 g/mol. The molecule has 1 amide bonds. The molecule has 1 aliphatic rings. The SMILES string of the molecule is COc1cccc(OC)c1C(=O)OCCN1CCCC1=O. The Morgan fingerprint density at radius 1 is 1.24 bits per heavy atom. The summed E-state index contributed by atoms with van der Waals surface area (Å²) in [6, 6.07) is 5.07. The van der Waals surface area contributed by atoms with E-state index in [0.717, 1.165) is 13.0 Å². The van der Waals surface area contributed by atoms with Gasteiger partial charge in [0, 0.05) is 13.0 Å². The predicted molar refractivity (Wildman–Crippen MR) is 75.6 cm³/mol. The number of nitrogens with zero attached hydrogens (tertiary/aromatic N) is 1. The van der Waals surface area contributed by atoms with Crippen LogP contribution in [0.5, 0.6) is 11.5 Å². The number of amides is 1. The Labute approximate surface area is 123 Å². The van der Waals surface area contributed by atoms with Crippen molar-refractivity contribution in [2.75, 3.05) is 33.9 Å². The highest BCUT2D eigenvalue weighted by molar-refractivity contribution is 5.95. The summed E-state index contributed by atoms with van der Waals surface area (Å²) in [5.74, 6) is 0.394. The first-order chi connectivity index (χ1) is 10.2. The summed E-state index contributed by atoms with van der Waals surface area (Å²) in [5, 5.41) is 0. The monoisotopic (exact) mass is 293 g/mol. The number of ether oxygens (including phenoxy) is 3. The molecule has 0 N–H and O–H groups in total. The van der Waals surface area contributed by atoms with E-state index in [1.807, 2.05) is 0 Å². The van der Waals surface area contributed by atoms with E-state index in [1.165, 1.54) is 14.2 Å². The number of benzene rings is 1. The number of likely N-dealkylation sites (tertiary alicyclic amines) is 1. The van der Waals surface area contributed by atoms with Gasteiger partial charge in [-0.15, -0.1) is 0 Å². The van der Waals surface area contributed by atoms with E-state index in [-0.39, 0.29) is 18.1 Å². The van der Waals surface area contributed by atoms with E-state index in [4.69, 9.17) is 14.2 Å². The lowest BCUT2D eigenvalue weighted by Gasteiger charge is -2.16. The summed E-state index contributed by atoms with van der Waals surface area (Å²) in [6.45, 7) is 1.31. The Morgan fingerprint density at radius 3 is 2.43 bits per heavy atom. The van der Waals surface area contributed by atoms with E-state index in [1.54, 1.807) is 23.1 Å². The number of hydrogen-bond donors (Lipinski definition) is 0. The normalized spacial score (nSPS) is 14.2. The summed E-state index contributed by atoms with van der Waals surface area (Å²) in [6.07, 6.45) is 1.45. The molecule has 0 spiro atoms. The Bertz CT molecular complexity index is 507. The molecule has 1 aliphatic heterocycles. The zero-order valence-corrected chi connectivity index (χ0v) is 12.3. The van der Waals surface area contributed by atoms with Gasteiger partial charge in [-0.2, -0.15) is 0 Å². The summed E-state index contributed by atoms with van der Waals surface area (Å²) in [5.41, 5.74) is 0.259. The van der Waals surface area contributed by atoms with Crippen molar-refractivity contribution in [1.82, 2.24) is 4.90 Å². The van der Waals surface area contributed by atoms with Crippen molar-refractivity contribution in [3.63, 3.8) is 0 Å². The summed E-state index contributed by atoms with van der Waals surface area (Å²) < 4.78 is 15.6. The standard InChI is InChI=1S/C15H19NO5/c1-19-11-5-3-6-12(20-2)14(11)15(18)21-10-9-16-8-4-7-13(16)17/h3,5-6H,4,7-10H2,1-2H3. The number of methoxy groups -OCH3 is 2. The Kier molecular flexibility index (Phi) is 5.03. The molecule has 21 heavy (non-hydrogen) atoms. The minimum atomic E-state index is -0.518. The van der Waals surface area contributed by atoms with E-state index in [2.05, 4.69) is 0 Å². The van der Waals surface area contributed by atoms with Crippen molar-refractivity contribution in [2.45, 2.75) is 12.8 Å². The van der Waals surface area contributed by atoms with E-state index < -0.39 is 5.97 Å². The topological polar surface area (TPSA) is 65.1 Å². The first-order valence-corrected chi connectivity index (χ1v) is 6.83. The highest BCUT2D eigenvalue weighted by Gasteiger charge is 2.22. The van der Waals surface area contributed by atoms with Crippen LogP contribution in [0, 0.1) is 0 Å². The fourth-order valence-electron chi connectivity index (χ4n) is 2.31. The van der Waals surface area contributed by atoms with Crippen LogP contribution in [0.1, 0.15) is 23.2 Å². The second kappa shape index (κ2) is 6.97. The zero-order chi connectivity index (χ0) is 15.2. The smallest absolute Gasteiger partial charge is 0.345 e. The van der Waals surface area contributed by atoms with Gasteiger partial charge in [0.1, 0.15) is 23.7 Å². The number of rotatable bonds is 6. The molecule has 0 saturated carbocycles. The van der Waals surface area contributed by atoms with Gasteiger partial charge >= 0.3 is 5.97 Å². The molecule has 0 radical (unpaired) electrons. The van der Waals surface area contributed by atoms with Gasteiger partial charge in [0.2, 0.25) is 5.91 Å². The fourth-order valence-corrected chi connectivity index (χ4v) is 2.31. The largest absolute Gasteiger partial charge is 0.496 e. The molecule has 2 rings (SSSR count). The van der Waals surface area contributed by atoms with Crippen molar-refractivity contribution in [3.8, 4) is 11.5 Å². The molecular weight excluding hydrogens is 274 g/mol. The number of carbonyl (C=O) groups excluding carboxylic acids is 2. The first kappa shape index (κ1) is 15.2. The van der Waals surface area contributed by atoms with Gasteiger partial charge in [-0.25, -0.2) is 4.79 Å². The molecule has 1 aromatic carbocycles. The first-order valence-electron chi connectivity index (χ1n) is 6.83. The van der Waals surface area contributed by atoms with Crippen molar-refractivity contribution >= 4 is 11.9 Å². The molecule has 1 aromatic rings. The Balaban J connectivity index is 1.98. The Hall–Kier alpha value is -2.24. The van der Waals surface area contributed by atoms with E-state index in [0.29, 0.717) is 24.5 Å². The van der Waals surface area contributed by atoms with Crippen LogP contribution < -0.4 is 9.47 Å². The lowest BCUT2D eigenvalue weighted by molar-refractivity contribution is -0.128. The van der Waals surface area contributed by atoms with E-state index in [9.17, 15) is 9.59 Å². The van der Waals surface area contributed by atoms with Crippen LogP contribution in [0.3, 0.4) is 0 Å². The maximum atomic E-state index is 12.2. The maximum absolute atomic E-state index is 12.2. The molecule has 0 atom stereocenters. The van der Waals surface area contributed by atoms with Gasteiger partial charge < -0.3 is 19.1 Å². The molecule has 114 valence electrons. The van der Waals surface area contributed by atoms with Crippen LogP contribution in [0.2, 0.25) is 0 Å².